The lowest BCUT2D eigenvalue weighted by Crippen LogP contribution is -2.38. The fourth-order valence-electron chi connectivity index (χ4n) is 4.81. The molecule has 1 aliphatic heterocycles. The van der Waals surface area contributed by atoms with Crippen LogP contribution in [0.5, 0.6) is 0 Å². The van der Waals surface area contributed by atoms with Gasteiger partial charge < -0.3 is 9.32 Å². The highest BCUT2D eigenvalue weighted by Crippen LogP contribution is 2.37. The highest BCUT2D eigenvalue weighted by Gasteiger charge is 2.29. The smallest absolute Gasteiger partial charge is 0.336 e. The van der Waals surface area contributed by atoms with E-state index in [1.807, 2.05) is 4.90 Å². The molecule has 0 saturated carbocycles. The standard InChI is InChI=1S/C30H38N2O3S/c1-18-13-25(33)35-19(2)26(18)28(34)32-11-9-20(10-12-32)27-31-24(17-36-27)21-14-22(29(3,4)5)16-23(15-21)30(6,7)8/h13-17,20H,9-12H2,1-8H3. The number of aryl methyl sites for hydroxylation is 2. The van der Waals surface area contributed by atoms with Gasteiger partial charge in [-0.15, -0.1) is 11.3 Å². The number of carbonyl (C=O) groups excluding carboxylic acids is 1. The Hall–Kier alpha value is -2.73. The average Bonchev–Trinajstić information content (AvgIpc) is 3.27. The van der Waals surface area contributed by atoms with Gasteiger partial charge in [0.25, 0.3) is 5.91 Å². The summed E-state index contributed by atoms with van der Waals surface area (Å²) in [5, 5.41) is 3.33. The summed E-state index contributed by atoms with van der Waals surface area (Å²) in [6, 6.07) is 8.31. The van der Waals surface area contributed by atoms with Gasteiger partial charge in [-0.1, -0.05) is 47.6 Å². The van der Waals surface area contributed by atoms with E-state index in [1.54, 1.807) is 25.2 Å². The van der Waals surface area contributed by atoms with Crippen molar-refractivity contribution in [2.75, 3.05) is 13.1 Å². The van der Waals surface area contributed by atoms with Crippen LogP contribution in [0, 0.1) is 13.8 Å². The molecule has 6 heteroatoms. The molecule has 0 atom stereocenters. The second kappa shape index (κ2) is 9.62. The molecular weight excluding hydrogens is 468 g/mol. The fourth-order valence-corrected chi connectivity index (χ4v) is 5.81. The van der Waals surface area contributed by atoms with Crippen molar-refractivity contribution in [3.8, 4) is 11.3 Å². The first-order valence-corrected chi connectivity index (χ1v) is 13.6. The van der Waals surface area contributed by atoms with E-state index in [9.17, 15) is 9.59 Å². The summed E-state index contributed by atoms with van der Waals surface area (Å²) in [7, 11) is 0. The first kappa shape index (κ1) is 26.3. The van der Waals surface area contributed by atoms with Crippen LogP contribution in [-0.2, 0) is 10.8 Å². The molecule has 1 fully saturated rings. The van der Waals surface area contributed by atoms with E-state index in [4.69, 9.17) is 9.40 Å². The maximum Gasteiger partial charge on any atom is 0.336 e. The normalized spacial score (nSPS) is 15.4. The Balaban J connectivity index is 1.52. The first-order chi connectivity index (χ1) is 16.7. The number of nitrogens with zero attached hydrogens (tertiary/aromatic N) is 2. The second-order valence-electron chi connectivity index (χ2n) is 12.1. The van der Waals surface area contributed by atoms with Crippen molar-refractivity contribution in [1.29, 1.82) is 0 Å². The molecule has 36 heavy (non-hydrogen) atoms. The Kier molecular flexibility index (Phi) is 7.04. The molecule has 0 spiro atoms. The Morgan fingerprint density at radius 2 is 1.56 bits per heavy atom. The molecule has 1 aliphatic rings. The highest BCUT2D eigenvalue weighted by atomic mass is 32.1. The molecule has 0 N–H and O–H groups in total. The Morgan fingerprint density at radius 3 is 2.08 bits per heavy atom. The molecule has 0 aliphatic carbocycles. The first-order valence-electron chi connectivity index (χ1n) is 12.8. The van der Waals surface area contributed by atoms with E-state index < -0.39 is 5.63 Å². The number of aromatic nitrogens is 1. The van der Waals surface area contributed by atoms with E-state index in [0.29, 0.717) is 35.9 Å². The molecule has 3 heterocycles. The van der Waals surface area contributed by atoms with Crippen LogP contribution in [0.1, 0.15) is 98.1 Å². The third-order valence-electron chi connectivity index (χ3n) is 7.16. The summed E-state index contributed by atoms with van der Waals surface area (Å²) in [5.74, 6) is 0.682. The maximum atomic E-state index is 13.2. The molecule has 2 aromatic heterocycles. The zero-order valence-corrected chi connectivity index (χ0v) is 23.6. The Labute approximate surface area is 218 Å². The van der Waals surface area contributed by atoms with E-state index in [2.05, 4.69) is 65.1 Å². The SMILES string of the molecule is Cc1cc(=O)oc(C)c1C(=O)N1CCC(c2nc(-c3cc(C(C)(C)C)cc(C(C)(C)C)c3)cs2)CC1. The summed E-state index contributed by atoms with van der Waals surface area (Å²) >= 11 is 1.73. The van der Waals surface area contributed by atoms with Gasteiger partial charge >= 0.3 is 5.63 Å². The minimum Gasteiger partial charge on any atom is -0.427 e. The summed E-state index contributed by atoms with van der Waals surface area (Å²) in [5.41, 5.74) is 5.77. The monoisotopic (exact) mass is 506 g/mol. The average molecular weight is 507 g/mol. The number of likely N-dealkylation sites (tertiary alicyclic amines) is 1. The third kappa shape index (κ3) is 5.49. The molecule has 0 radical (unpaired) electrons. The highest BCUT2D eigenvalue weighted by molar-refractivity contribution is 7.10. The van der Waals surface area contributed by atoms with Gasteiger partial charge in [-0.2, -0.15) is 0 Å². The summed E-state index contributed by atoms with van der Waals surface area (Å²) in [4.78, 5) is 31.7. The van der Waals surface area contributed by atoms with Crippen molar-refractivity contribution in [3.63, 3.8) is 0 Å². The molecule has 3 aromatic rings. The number of carbonyl (C=O) groups is 1. The minimum absolute atomic E-state index is 0.0549. The number of hydrogen-bond acceptors (Lipinski definition) is 5. The van der Waals surface area contributed by atoms with Gasteiger partial charge in [-0.25, -0.2) is 9.78 Å². The van der Waals surface area contributed by atoms with Gasteiger partial charge in [0.2, 0.25) is 0 Å². The number of amides is 1. The molecule has 192 valence electrons. The minimum atomic E-state index is -0.414. The number of rotatable bonds is 3. The molecule has 1 amide bonds. The quantitative estimate of drug-likeness (QED) is 0.384. The molecule has 5 nitrogen and oxygen atoms in total. The lowest BCUT2D eigenvalue weighted by molar-refractivity contribution is 0.0708. The Bertz CT molecular complexity index is 1270. The van der Waals surface area contributed by atoms with Gasteiger partial charge in [0.05, 0.1) is 16.3 Å². The molecule has 4 rings (SSSR count). The van der Waals surface area contributed by atoms with E-state index in [-0.39, 0.29) is 16.7 Å². The van der Waals surface area contributed by atoms with Crippen molar-refractivity contribution >= 4 is 17.2 Å². The molecule has 1 saturated heterocycles. The zero-order valence-electron chi connectivity index (χ0n) is 22.8. The van der Waals surface area contributed by atoms with Crippen molar-refractivity contribution < 1.29 is 9.21 Å². The van der Waals surface area contributed by atoms with E-state index in [0.717, 1.165) is 23.5 Å². The van der Waals surface area contributed by atoms with Crippen molar-refractivity contribution in [3.05, 3.63) is 73.1 Å². The topological polar surface area (TPSA) is 63.4 Å². The van der Waals surface area contributed by atoms with Crippen molar-refractivity contribution in [2.45, 2.75) is 85.0 Å². The second-order valence-corrected chi connectivity index (χ2v) is 13.0. The number of benzene rings is 1. The fraction of sp³-hybridized carbons (Fsp3) is 0.500. The Morgan fingerprint density at radius 1 is 0.972 bits per heavy atom. The molecule has 0 unspecified atom stereocenters. The van der Waals surface area contributed by atoms with Crippen LogP contribution < -0.4 is 5.63 Å². The van der Waals surface area contributed by atoms with Gasteiger partial charge in [0, 0.05) is 36.0 Å². The lowest BCUT2D eigenvalue weighted by atomic mass is 9.79. The van der Waals surface area contributed by atoms with Gasteiger partial charge in [-0.05, 0) is 66.3 Å². The van der Waals surface area contributed by atoms with E-state index >= 15 is 0 Å². The van der Waals surface area contributed by atoms with Crippen LogP contribution in [0.15, 0.2) is 38.9 Å². The molecular formula is C30H38N2O3S. The molecule has 1 aromatic carbocycles. The van der Waals surface area contributed by atoms with Crippen LogP contribution >= 0.6 is 11.3 Å². The summed E-state index contributed by atoms with van der Waals surface area (Å²) < 4.78 is 5.18. The predicted molar refractivity (Wildman–Crippen MR) is 147 cm³/mol. The van der Waals surface area contributed by atoms with Crippen molar-refractivity contribution in [2.24, 2.45) is 0 Å². The lowest BCUT2D eigenvalue weighted by Gasteiger charge is -2.31. The van der Waals surface area contributed by atoms with Crippen LogP contribution in [0.2, 0.25) is 0 Å². The summed E-state index contributed by atoms with van der Waals surface area (Å²) in [6.07, 6.45) is 1.76. The van der Waals surface area contributed by atoms with Gasteiger partial charge in [0.15, 0.2) is 0 Å². The maximum absolute atomic E-state index is 13.2. The predicted octanol–water partition coefficient (Wildman–Crippen LogP) is 6.99. The van der Waals surface area contributed by atoms with Crippen LogP contribution in [0.4, 0.5) is 0 Å². The largest absolute Gasteiger partial charge is 0.427 e. The number of hydrogen-bond donors (Lipinski definition) is 0. The van der Waals surface area contributed by atoms with E-state index in [1.165, 1.54) is 22.8 Å². The summed E-state index contributed by atoms with van der Waals surface area (Å²) in [6.45, 7) is 18.4. The van der Waals surface area contributed by atoms with Crippen LogP contribution in [0.3, 0.4) is 0 Å². The van der Waals surface area contributed by atoms with Gasteiger partial charge in [0.1, 0.15) is 5.76 Å². The van der Waals surface area contributed by atoms with Crippen LogP contribution in [-0.4, -0.2) is 28.9 Å². The third-order valence-corrected chi connectivity index (χ3v) is 8.17. The number of piperidine rings is 1. The van der Waals surface area contributed by atoms with Gasteiger partial charge in [-0.3, -0.25) is 4.79 Å². The zero-order chi connectivity index (χ0) is 26.4. The number of thiazole rings is 1. The van der Waals surface area contributed by atoms with Crippen LogP contribution in [0.25, 0.3) is 11.3 Å². The molecule has 0 bridgehead atoms. The van der Waals surface area contributed by atoms with Crippen molar-refractivity contribution in [1.82, 2.24) is 9.88 Å².